The molecular weight excluding hydrogens is 552 g/mol. The molecular formula is C32H38N4O7. The molecule has 3 aliphatic carbocycles. The maximum atomic E-state index is 14.2. The smallest absolute Gasteiger partial charge is 0.255 e. The molecule has 1 amide bonds. The topological polar surface area (TPSA) is 177 Å². The van der Waals surface area contributed by atoms with E-state index in [0.717, 1.165) is 16.7 Å². The number of phenols is 1. The molecule has 43 heavy (non-hydrogen) atoms. The Morgan fingerprint density at radius 3 is 2.49 bits per heavy atom. The minimum Gasteiger partial charge on any atom is -0.508 e. The van der Waals surface area contributed by atoms with E-state index in [1.165, 1.54) is 4.90 Å². The van der Waals surface area contributed by atoms with Crippen molar-refractivity contribution in [1.29, 1.82) is 0 Å². The minimum atomic E-state index is -2.68. The number of nitrogens with zero attached hydrogens (tertiary/aromatic N) is 3. The molecule has 0 spiro atoms. The lowest BCUT2D eigenvalue weighted by Gasteiger charge is -2.50. The predicted octanol–water partition coefficient (Wildman–Crippen LogP) is 1.83. The van der Waals surface area contributed by atoms with Gasteiger partial charge in [-0.15, -0.1) is 0 Å². The van der Waals surface area contributed by atoms with Gasteiger partial charge in [0.25, 0.3) is 5.91 Å². The molecule has 0 aromatic heterocycles. The first-order chi connectivity index (χ1) is 20.2. The van der Waals surface area contributed by atoms with Crippen LogP contribution < -0.4 is 5.73 Å². The molecule has 5 rings (SSSR count). The van der Waals surface area contributed by atoms with Gasteiger partial charge in [0.1, 0.15) is 22.8 Å². The molecule has 0 radical (unpaired) electrons. The molecule has 6 N–H and O–H groups in total. The second-order valence-electron chi connectivity index (χ2n) is 12.2. The van der Waals surface area contributed by atoms with Crippen LogP contribution in [0.3, 0.4) is 0 Å². The number of allylic oxidation sites excluding steroid dienone is 2. The average molecular weight is 591 g/mol. The van der Waals surface area contributed by atoms with Gasteiger partial charge in [0.05, 0.1) is 18.2 Å². The number of carbonyl (C=O) groups excluding carboxylic acids is 3. The molecule has 1 fully saturated rings. The Balaban J connectivity index is 1.71. The summed E-state index contributed by atoms with van der Waals surface area (Å²) >= 11 is 0. The Morgan fingerprint density at radius 1 is 1.21 bits per heavy atom. The van der Waals surface area contributed by atoms with Gasteiger partial charge < -0.3 is 26.2 Å². The first kappa shape index (κ1) is 30.4. The van der Waals surface area contributed by atoms with Crippen LogP contribution in [0.2, 0.25) is 0 Å². The van der Waals surface area contributed by atoms with Crippen LogP contribution in [-0.2, 0) is 27.3 Å². The van der Waals surface area contributed by atoms with E-state index in [1.54, 1.807) is 20.3 Å². The van der Waals surface area contributed by atoms with E-state index in [4.69, 9.17) is 5.73 Å². The van der Waals surface area contributed by atoms with Crippen molar-refractivity contribution in [2.45, 2.75) is 44.9 Å². The van der Waals surface area contributed by atoms with Crippen molar-refractivity contribution in [3.8, 4) is 5.75 Å². The number of primary amides is 1. The Labute approximate surface area is 250 Å². The molecule has 1 unspecified atom stereocenters. The first-order valence-electron chi connectivity index (χ1n) is 14.3. The molecule has 1 aromatic carbocycles. The summed E-state index contributed by atoms with van der Waals surface area (Å²) in [6.45, 7) is 5.43. The van der Waals surface area contributed by atoms with Crippen molar-refractivity contribution in [3.05, 3.63) is 63.0 Å². The number of rotatable bonds is 7. The van der Waals surface area contributed by atoms with E-state index in [2.05, 4.69) is 4.99 Å². The lowest BCUT2D eigenvalue weighted by molar-refractivity contribution is -0.153. The van der Waals surface area contributed by atoms with E-state index >= 15 is 0 Å². The number of benzene rings is 1. The van der Waals surface area contributed by atoms with Gasteiger partial charge in [0, 0.05) is 36.4 Å². The molecule has 11 nitrogen and oxygen atoms in total. The Morgan fingerprint density at radius 2 is 1.91 bits per heavy atom. The van der Waals surface area contributed by atoms with Gasteiger partial charge in [0.2, 0.25) is 5.78 Å². The Kier molecular flexibility index (Phi) is 7.70. The standard InChI is InChI=1S/C32H38N4O7/c1-6-15(2)13-36(5)14-18-10-19(16-7-8-34-12-16)20-9-17-11-21-25(35(3)4)28(39)24(31(33)42)30(41)32(21,43)29(40)22(17)27(38)23(20)26(18)37/h6-7,10,12,17,21,25,37-38,41,43H,8-9,11,13-14H2,1-5H3,(H2,33,42)/b15-6+/t17-,21-,25?,32-/m0/s1. The normalized spacial score (nSPS) is 27.1. The molecule has 4 atom stereocenters. The first-order valence-corrected chi connectivity index (χ1v) is 14.3. The quantitative estimate of drug-likeness (QED) is 0.234. The summed E-state index contributed by atoms with van der Waals surface area (Å²) in [6.07, 6.45) is 5.94. The highest BCUT2D eigenvalue weighted by molar-refractivity contribution is 6.24. The SMILES string of the molecule is C/C=C(\C)CN(C)Cc1cc(C2=CCN=C2)c2c(c1O)C(O)=C1C(=O)[C@]3(O)C(O)=C(C(N)=O)C(=O)C(N(C)C)[C@@H]3C[C@@H]1C2. The third-order valence-electron chi connectivity index (χ3n) is 9.21. The van der Waals surface area contributed by atoms with Gasteiger partial charge in [-0.25, -0.2) is 0 Å². The monoisotopic (exact) mass is 590 g/mol. The zero-order valence-corrected chi connectivity index (χ0v) is 25.0. The summed E-state index contributed by atoms with van der Waals surface area (Å²) in [4.78, 5) is 47.6. The van der Waals surface area contributed by atoms with Gasteiger partial charge >= 0.3 is 0 Å². The van der Waals surface area contributed by atoms with Crippen LogP contribution in [0.15, 0.2) is 45.7 Å². The number of hydrogen-bond acceptors (Lipinski definition) is 10. The highest BCUT2D eigenvalue weighted by atomic mass is 16.3. The fourth-order valence-electron chi connectivity index (χ4n) is 7.14. The minimum absolute atomic E-state index is 0.0339. The van der Waals surface area contributed by atoms with E-state index in [0.29, 0.717) is 30.8 Å². The zero-order valence-electron chi connectivity index (χ0n) is 25.0. The summed E-state index contributed by atoms with van der Waals surface area (Å²) in [6, 6.07) is 0.756. The van der Waals surface area contributed by atoms with Crippen LogP contribution in [0.25, 0.3) is 11.3 Å². The van der Waals surface area contributed by atoms with E-state index < -0.39 is 58.0 Å². The van der Waals surface area contributed by atoms with Crippen LogP contribution in [-0.4, -0.2) is 99.8 Å². The van der Waals surface area contributed by atoms with E-state index in [-0.39, 0.29) is 29.7 Å². The number of aromatic hydroxyl groups is 1. The summed E-state index contributed by atoms with van der Waals surface area (Å²) < 4.78 is 0. The number of Topliss-reactive ketones (excluding diaryl/α,β-unsaturated/α-hetero) is 2. The summed E-state index contributed by atoms with van der Waals surface area (Å²) in [5.74, 6) is -6.63. The second-order valence-corrected chi connectivity index (χ2v) is 12.2. The molecule has 0 saturated heterocycles. The van der Waals surface area contributed by atoms with Crippen molar-refractivity contribution < 1.29 is 34.8 Å². The van der Waals surface area contributed by atoms with Gasteiger partial charge in [-0.2, -0.15) is 0 Å². The maximum absolute atomic E-state index is 14.2. The van der Waals surface area contributed by atoms with Crippen molar-refractivity contribution >= 4 is 35.0 Å². The largest absolute Gasteiger partial charge is 0.508 e. The van der Waals surface area contributed by atoms with Crippen molar-refractivity contribution in [1.82, 2.24) is 9.80 Å². The third kappa shape index (κ3) is 4.62. The Bertz CT molecular complexity index is 1600. The van der Waals surface area contributed by atoms with Gasteiger partial charge in [-0.3, -0.25) is 29.2 Å². The summed E-state index contributed by atoms with van der Waals surface area (Å²) in [7, 11) is 5.06. The molecule has 1 saturated carbocycles. The fraction of sp³-hybridized carbons (Fsp3) is 0.438. The van der Waals surface area contributed by atoms with Crippen LogP contribution in [0.5, 0.6) is 5.75 Å². The number of aliphatic imine (C=N–C) groups is 1. The molecule has 1 aliphatic heterocycles. The molecule has 1 aromatic rings. The lowest BCUT2D eigenvalue weighted by Crippen LogP contribution is -2.65. The Hall–Kier alpha value is -4.06. The number of aliphatic hydroxyl groups excluding tert-OH is 2. The van der Waals surface area contributed by atoms with Crippen LogP contribution >= 0.6 is 0 Å². The number of likely N-dealkylation sites (N-methyl/N-ethyl adjacent to an activating group) is 2. The molecule has 1 heterocycles. The van der Waals surface area contributed by atoms with Gasteiger partial charge in [-0.1, -0.05) is 17.7 Å². The average Bonchev–Trinajstić information content (AvgIpc) is 3.46. The number of phenolic OH excluding ortho intramolecular Hbond substituents is 1. The number of carbonyl (C=O) groups is 3. The van der Waals surface area contributed by atoms with Crippen LogP contribution in [0.4, 0.5) is 0 Å². The number of hydrogen-bond donors (Lipinski definition) is 5. The lowest BCUT2D eigenvalue weighted by atomic mass is 9.57. The van der Waals surface area contributed by atoms with Crippen molar-refractivity contribution in [3.63, 3.8) is 0 Å². The van der Waals surface area contributed by atoms with E-state index in [9.17, 15) is 34.8 Å². The van der Waals surface area contributed by atoms with E-state index in [1.807, 2.05) is 44.0 Å². The number of amides is 1. The molecule has 4 aliphatic rings. The highest BCUT2D eigenvalue weighted by Crippen LogP contribution is 2.53. The van der Waals surface area contributed by atoms with Gasteiger partial charge in [0.15, 0.2) is 11.4 Å². The van der Waals surface area contributed by atoms with Crippen LogP contribution in [0, 0.1) is 11.8 Å². The zero-order chi connectivity index (χ0) is 31.5. The molecule has 0 bridgehead atoms. The third-order valence-corrected chi connectivity index (χ3v) is 9.21. The number of ketones is 2. The maximum Gasteiger partial charge on any atom is 0.255 e. The van der Waals surface area contributed by atoms with Gasteiger partial charge in [-0.05, 0) is 76.5 Å². The predicted molar refractivity (Wildman–Crippen MR) is 161 cm³/mol. The fourth-order valence-corrected chi connectivity index (χ4v) is 7.14. The summed E-state index contributed by atoms with van der Waals surface area (Å²) in [5, 5.41) is 46.3. The van der Waals surface area contributed by atoms with Crippen molar-refractivity contribution in [2.75, 3.05) is 34.2 Å². The second kappa shape index (κ2) is 10.9. The summed E-state index contributed by atoms with van der Waals surface area (Å²) in [5.41, 5.74) is 5.70. The molecule has 11 heteroatoms. The molecule has 228 valence electrons. The number of fused-ring (bicyclic) bond motifs is 3. The van der Waals surface area contributed by atoms with Crippen LogP contribution in [0.1, 0.15) is 42.5 Å². The highest BCUT2D eigenvalue weighted by Gasteiger charge is 2.64. The number of nitrogens with two attached hydrogens (primary N) is 1. The van der Waals surface area contributed by atoms with Crippen molar-refractivity contribution in [2.24, 2.45) is 22.6 Å². The number of aliphatic hydroxyl groups is 3.